The van der Waals surface area contributed by atoms with E-state index in [0.29, 0.717) is 18.1 Å². The molecule has 0 bridgehead atoms. The molecule has 0 aliphatic heterocycles. The molecule has 1 N–H and O–H groups in total. The quantitative estimate of drug-likeness (QED) is 0.776. The third-order valence-corrected chi connectivity index (χ3v) is 3.61. The average Bonchev–Trinajstić information content (AvgIpc) is 2.37. The maximum absolute atomic E-state index is 13.0. The molecule has 0 saturated carbocycles. The second-order valence-electron chi connectivity index (χ2n) is 5.50. The number of nitrogens with one attached hydrogen (secondary N) is 1. The first-order valence-electron chi connectivity index (χ1n) is 6.96. The minimum atomic E-state index is -5.73. The third kappa shape index (κ3) is 3.76. The lowest BCUT2D eigenvalue weighted by Crippen LogP contribution is -2.67. The van der Waals surface area contributed by atoms with E-state index in [-0.39, 0.29) is 5.75 Å². The van der Waals surface area contributed by atoms with Gasteiger partial charge in [-0.3, -0.25) is 5.32 Å². The lowest BCUT2D eigenvalue weighted by atomic mass is 9.94. The molecular weight excluding hydrogens is 340 g/mol. The highest BCUT2D eigenvalue weighted by molar-refractivity contribution is 5.72. The Morgan fingerprint density at radius 1 is 1.00 bits per heavy atom. The summed E-state index contributed by atoms with van der Waals surface area (Å²) in [5.74, 6) is -0.0764. The number of benzene rings is 1. The normalized spacial score (nSPS) is 12.9. The lowest BCUT2D eigenvalue weighted by Gasteiger charge is -2.36. The lowest BCUT2D eigenvalue weighted by molar-refractivity contribution is -0.305. The Labute approximate surface area is 135 Å². The Kier molecular flexibility index (Phi) is 5.47. The molecule has 0 aliphatic carbocycles. The summed E-state index contributed by atoms with van der Waals surface area (Å²) in [6, 6.07) is 3.19. The minimum absolute atomic E-state index is 0.0764. The van der Waals surface area contributed by atoms with Gasteiger partial charge in [0.25, 0.3) is 0 Å². The SMILES string of the molecule is CCC(NC(=O)Oc1c(C)cc(C)cc1C)(C(F)(F)F)C(F)(F)F. The van der Waals surface area contributed by atoms with E-state index in [1.165, 1.54) is 13.8 Å². The molecule has 136 valence electrons. The fraction of sp³-hybridized carbons (Fsp3) is 0.533. The molecule has 0 spiro atoms. The largest absolute Gasteiger partial charge is 0.420 e. The van der Waals surface area contributed by atoms with Crippen molar-refractivity contribution >= 4 is 6.09 Å². The number of ether oxygens (including phenoxy) is 1. The van der Waals surface area contributed by atoms with Gasteiger partial charge < -0.3 is 4.74 Å². The Morgan fingerprint density at radius 2 is 1.42 bits per heavy atom. The van der Waals surface area contributed by atoms with Crippen molar-refractivity contribution in [2.75, 3.05) is 0 Å². The van der Waals surface area contributed by atoms with Gasteiger partial charge in [0.2, 0.25) is 5.54 Å². The summed E-state index contributed by atoms with van der Waals surface area (Å²) in [5, 5.41) is 0.966. The summed E-state index contributed by atoms with van der Waals surface area (Å²) < 4.78 is 82.7. The molecule has 0 atom stereocenters. The molecule has 0 saturated heterocycles. The van der Waals surface area contributed by atoms with Crippen molar-refractivity contribution in [1.29, 1.82) is 0 Å². The van der Waals surface area contributed by atoms with Gasteiger partial charge in [0.05, 0.1) is 0 Å². The van der Waals surface area contributed by atoms with Crippen molar-refractivity contribution in [3.8, 4) is 5.75 Å². The number of hydrogen-bond donors (Lipinski definition) is 1. The number of amides is 1. The topological polar surface area (TPSA) is 38.3 Å². The summed E-state index contributed by atoms with van der Waals surface area (Å²) in [7, 11) is 0. The van der Waals surface area contributed by atoms with Crippen LogP contribution in [0.15, 0.2) is 12.1 Å². The van der Waals surface area contributed by atoms with Gasteiger partial charge in [-0.05, 0) is 38.3 Å². The maximum atomic E-state index is 13.0. The Hall–Kier alpha value is -1.93. The number of rotatable bonds is 3. The van der Waals surface area contributed by atoms with Gasteiger partial charge in [-0.2, -0.15) is 26.3 Å². The number of halogens is 6. The zero-order valence-electron chi connectivity index (χ0n) is 13.4. The predicted molar refractivity (Wildman–Crippen MR) is 74.9 cm³/mol. The first kappa shape index (κ1) is 20.1. The number of aryl methyl sites for hydroxylation is 3. The summed E-state index contributed by atoms with van der Waals surface area (Å²) in [4.78, 5) is 11.7. The third-order valence-electron chi connectivity index (χ3n) is 3.61. The van der Waals surface area contributed by atoms with Crippen LogP contribution in [0.3, 0.4) is 0 Å². The van der Waals surface area contributed by atoms with Crippen LogP contribution in [-0.2, 0) is 0 Å². The van der Waals surface area contributed by atoms with Gasteiger partial charge in [-0.15, -0.1) is 0 Å². The van der Waals surface area contributed by atoms with Gasteiger partial charge in [0.15, 0.2) is 0 Å². The van der Waals surface area contributed by atoms with Gasteiger partial charge in [-0.1, -0.05) is 24.6 Å². The van der Waals surface area contributed by atoms with E-state index in [9.17, 15) is 31.1 Å². The molecule has 0 aromatic heterocycles. The van der Waals surface area contributed by atoms with Gasteiger partial charge >= 0.3 is 18.4 Å². The highest BCUT2D eigenvalue weighted by atomic mass is 19.4. The molecule has 24 heavy (non-hydrogen) atoms. The van der Waals surface area contributed by atoms with Crippen LogP contribution in [0.4, 0.5) is 31.1 Å². The molecule has 0 heterocycles. The van der Waals surface area contributed by atoms with Gasteiger partial charge in [0.1, 0.15) is 5.75 Å². The van der Waals surface area contributed by atoms with Crippen LogP contribution < -0.4 is 10.1 Å². The van der Waals surface area contributed by atoms with E-state index in [1.807, 2.05) is 0 Å². The highest BCUT2D eigenvalue weighted by Crippen LogP contribution is 2.45. The summed E-state index contributed by atoms with van der Waals surface area (Å²) in [6.07, 6.45) is -14.7. The first-order valence-corrected chi connectivity index (χ1v) is 6.96. The van der Waals surface area contributed by atoms with Gasteiger partial charge in [-0.25, -0.2) is 4.79 Å². The van der Waals surface area contributed by atoms with E-state index < -0.39 is 30.4 Å². The molecular formula is C15H17F6NO2. The van der Waals surface area contributed by atoms with E-state index >= 15 is 0 Å². The molecule has 0 fully saturated rings. The molecule has 1 amide bonds. The number of alkyl halides is 6. The van der Waals surface area contributed by atoms with E-state index in [4.69, 9.17) is 4.74 Å². The van der Waals surface area contributed by atoms with Crippen molar-refractivity contribution in [1.82, 2.24) is 5.32 Å². The van der Waals surface area contributed by atoms with Crippen LogP contribution in [-0.4, -0.2) is 24.0 Å². The maximum Gasteiger partial charge on any atom is 0.420 e. The standard InChI is InChI=1S/C15H17F6NO2/c1-5-13(14(16,17)18,15(19,20)21)22-12(23)24-11-9(3)6-8(2)7-10(11)4/h6-7H,5H2,1-4H3,(H,22,23). The number of hydrogen-bond acceptors (Lipinski definition) is 2. The molecule has 0 radical (unpaired) electrons. The molecule has 1 aromatic carbocycles. The van der Waals surface area contributed by atoms with E-state index in [0.717, 1.165) is 10.9 Å². The first-order chi connectivity index (χ1) is 10.7. The van der Waals surface area contributed by atoms with Crippen molar-refractivity contribution in [2.45, 2.75) is 52.0 Å². The van der Waals surface area contributed by atoms with Crippen LogP contribution >= 0.6 is 0 Å². The molecule has 9 heteroatoms. The smallest absolute Gasteiger partial charge is 0.410 e. The summed E-state index contributed by atoms with van der Waals surface area (Å²) >= 11 is 0. The highest BCUT2D eigenvalue weighted by Gasteiger charge is 2.71. The monoisotopic (exact) mass is 357 g/mol. The Balaban J connectivity index is 3.16. The van der Waals surface area contributed by atoms with Crippen LogP contribution in [0.5, 0.6) is 5.75 Å². The fourth-order valence-corrected chi connectivity index (χ4v) is 2.41. The minimum Gasteiger partial charge on any atom is -0.410 e. The number of carbonyl (C=O) groups excluding carboxylic acids is 1. The van der Waals surface area contributed by atoms with Crippen molar-refractivity contribution in [3.05, 3.63) is 28.8 Å². The second kappa shape index (κ2) is 6.52. The molecule has 1 aromatic rings. The zero-order chi connectivity index (χ0) is 18.9. The van der Waals surface area contributed by atoms with Crippen LogP contribution in [0, 0.1) is 20.8 Å². The molecule has 0 unspecified atom stereocenters. The Bertz CT molecular complexity index is 584. The van der Waals surface area contributed by atoms with Crippen LogP contribution in [0.25, 0.3) is 0 Å². The van der Waals surface area contributed by atoms with Crippen LogP contribution in [0.2, 0.25) is 0 Å². The van der Waals surface area contributed by atoms with Crippen molar-refractivity contribution in [3.63, 3.8) is 0 Å². The summed E-state index contributed by atoms with van der Waals surface area (Å²) in [6.45, 7) is 5.50. The second-order valence-corrected chi connectivity index (χ2v) is 5.50. The number of carbonyl (C=O) groups is 1. The van der Waals surface area contributed by atoms with Crippen molar-refractivity contribution in [2.24, 2.45) is 0 Å². The van der Waals surface area contributed by atoms with E-state index in [1.54, 1.807) is 19.1 Å². The predicted octanol–water partition coefficient (Wildman–Crippen LogP) is 4.97. The molecule has 1 rings (SSSR count). The van der Waals surface area contributed by atoms with Crippen LogP contribution in [0.1, 0.15) is 30.0 Å². The molecule has 0 aliphatic rings. The van der Waals surface area contributed by atoms with Gasteiger partial charge in [0, 0.05) is 0 Å². The summed E-state index contributed by atoms with van der Waals surface area (Å²) in [5.41, 5.74) is -2.72. The Morgan fingerprint density at radius 3 is 1.75 bits per heavy atom. The van der Waals surface area contributed by atoms with Crippen molar-refractivity contribution < 1.29 is 35.9 Å². The zero-order valence-corrected chi connectivity index (χ0v) is 13.4. The van der Waals surface area contributed by atoms with E-state index in [2.05, 4.69) is 0 Å². The average molecular weight is 357 g/mol. The fourth-order valence-electron chi connectivity index (χ4n) is 2.41. The molecule has 3 nitrogen and oxygen atoms in total.